The number of hydrogen-bond donors (Lipinski definition) is 0. The van der Waals surface area contributed by atoms with Gasteiger partial charge in [0.2, 0.25) is 0 Å². The minimum Gasteiger partial charge on any atom is -0.287 e. The first kappa shape index (κ1) is 22.7. The lowest BCUT2D eigenvalue weighted by Crippen LogP contribution is -2.47. The van der Waals surface area contributed by atoms with Crippen molar-refractivity contribution in [2.24, 2.45) is 0 Å². The van der Waals surface area contributed by atoms with E-state index < -0.39 is 21.9 Å². The van der Waals surface area contributed by atoms with Gasteiger partial charge < -0.3 is 0 Å². The molecule has 0 amide bonds. The van der Waals surface area contributed by atoms with Gasteiger partial charge in [0.15, 0.2) is 0 Å². The predicted octanol–water partition coefficient (Wildman–Crippen LogP) is 4.63. The zero-order valence-corrected chi connectivity index (χ0v) is 14.8. The van der Waals surface area contributed by atoms with E-state index >= 15 is 0 Å². The summed E-state index contributed by atoms with van der Waals surface area (Å²) < 4.78 is 0. The van der Waals surface area contributed by atoms with Gasteiger partial charge in [0, 0.05) is 0 Å². The number of nitrogens with zero attached hydrogens (tertiary/aromatic N) is 2. The number of nitro groups is 2. The van der Waals surface area contributed by atoms with Crippen LogP contribution in [0.1, 0.15) is 64.7 Å². The molecule has 0 atom stereocenters. The average Bonchev–Trinajstić information content (AvgIpc) is 2.58. The molecule has 7 heteroatoms. The molecule has 0 aromatic heterocycles. The molecule has 140 valence electrons. The van der Waals surface area contributed by atoms with Crippen LogP contribution in [-0.4, -0.2) is 21.8 Å². The Bertz CT molecular complexity index is 484. The van der Waals surface area contributed by atoms with Gasteiger partial charge in [0.05, 0.1) is 6.42 Å². The average molecular weight is 352 g/mol. The third-order valence-corrected chi connectivity index (χ3v) is 3.76. The van der Waals surface area contributed by atoms with Gasteiger partial charge in [-0.1, -0.05) is 56.2 Å². The van der Waals surface area contributed by atoms with E-state index in [0.717, 1.165) is 19.3 Å². The fourth-order valence-corrected chi connectivity index (χ4v) is 2.16. The van der Waals surface area contributed by atoms with Crippen molar-refractivity contribution >= 4 is 6.29 Å². The van der Waals surface area contributed by atoms with Crippen molar-refractivity contribution < 1.29 is 14.6 Å². The fourth-order valence-electron chi connectivity index (χ4n) is 2.16. The highest BCUT2D eigenvalue weighted by Crippen LogP contribution is 2.17. The Hall–Kier alpha value is -2.31. The number of unbranched alkanes of at least 4 members (excludes halogenated alkanes) is 4. The van der Waals surface area contributed by atoms with Crippen LogP contribution in [0.3, 0.4) is 0 Å². The van der Waals surface area contributed by atoms with E-state index in [9.17, 15) is 25.0 Å². The van der Waals surface area contributed by atoms with E-state index in [-0.39, 0.29) is 12.7 Å². The van der Waals surface area contributed by atoms with E-state index in [1.54, 1.807) is 0 Å². The highest BCUT2D eigenvalue weighted by Gasteiger charge is 2.55. The van der Waals surface area contributed by atoms with Gasteiger partial charge in [-0.3, -0.25) is 25.0 Å². The summed E-state index contributed by atoms with van der Waals surface area (Å²) in [5.41, 5.74) is -2.71. The van der Waals surface area contributed by atoms with Crippen LogP contribution in [-0.2, 0) is 4.79 Å². The van der Waals surface area contributed by atoms with Crippen LogP contribution >= 0.6 is 0 Å². The topological polar surface area (TPSA) is 103 Å². The minimum atomic E-state index is -2.71. The molecule has 0 bridgehead atoms. The molecule has 25 heavy (non-hydrogen) atoms. The second kappa shape index (κ2) is 14.1. The molecule has 0 N–H and O–H groups in total. The van der Waals surface area contributed by atoms with Crippen LogP contribution < -0.4 is 0 Å². The monoisotopic (exact) mass is 352 g/mol. The molecule has 0 spiro atoms. The Balaban J connectivity index is 3.92. The standard InChI is InChI=1S/C18H28N2O5/c1-2-3-4-5-6-7-8-9-10-11-12-13-14-15-16-18(17-21,19(22)23)20(24)25/h6-7,9-10,12-13,17H,2-5,8,11,14-16H2,1H3. The Morgan fingerprint density at radius 2 is 1.28 bits per heavy atom. The first-order valence-electron chi connectivity index (χ1n) is 8.71. The highest BCUT2D eigenvalue weighted by atomic mass is 16.7. The van der Waals surface area contributed by atoms with Gasteiger partial charge in [-0.15, -0.1) is 0 Å². The molecule has 0 aliphatic rings. The summed E-state index contributed by atoms with van der Waals surface area (Å²) in [6.07, 6.45) is 18.7. The van der Waals surface area contributed by atoms with Crippen molar-refractivity contribution in [2.45, 2.75) is 70.4 Å². The van der Waals surface area contributed by atoms with Crippen molar-refractivity contribution in [3.63, 3.8) is 0 Å². The first-order chi connectivity index (χ1) is 12.0. The number of aldehydes is 1. The smallest absolute Gasteiger partial charge is 0.287 e. The van der Waals surface area contributed by atoms with Crippen LogP contribution in [0, 0.1) is 20.2 Å². The third kappa shape index (κ3) is 9.54. The lowest BCUT2D eigenvalue weighted by molar-refractivity contribution is -0.774. The van der Waals surface area contributed by atoms with Crippen molar-refractivity contribution in [1.82, 2.24) is 0 Å². The predicted molar refractivity (Wildman–Crippen MR) is 97.4 cm³/mol. The number of carbonyl (C=O) groups is 1. The second-order valence-corrected chi connectivity index (χ2v) is 5.78. The summed E-state index contributed by atoms with van der Waals surface area (Å²) in [5.74, 6) is 0. The molecule has 0 aliphatic heterocycles. The minimum absolute atomic E-state index is 0.185. The first-order valence-corrected chi connectivity index (χ1v) is 8.71. The Kier molecular flexibility index (Phi) is 12.8. The van der Waals surface area contributed by atoms with E-state index in [1.165, 1.54) is 19.3 Å². The summed E-state index contributed by atoms with van der Waals surface area (Å²) in [6.45, 7) is 2.18. The maximum atomic E-state index is 10.8. The molecule has 0 unspecified atom stereocenters. The maximum Gasteiger partial charge on any atom is 0.512 e. The molecule has 7 nitrogen and oxygen atoms in total. The number of rotatable bonds is 15. The third-order valence-electron chi connectivity index (χ3n) is 3.76. The van der Waals surface area contributed by atoms with E-state index in [1.807, 2.05) is 18.2 Å². The molecule has 0 rings (SSSR count). The van der Waals surface area contributed by atoms with Gasteiger partial charge in [-0.25, -0.2) is 0 Å². The summed E-state index contributed by atoms with van der Waals surface area (Å²) in [6, 6.07) is 0. The summed E-state index contributed by atoms with van der Waals surface area (Å²) in [5, 5.41) is 21.5. The van der Waals surface area contributed by atoms with Crippen LogP contribution in [0.25, 0.3) is 0 Å². The lowest BCUT2D eigenvalue weighted by atomic mass is 10.1. The van der Waals surface area contributed by atoms with Crippen molar-refractivity contribution in [1.29, 1.82) is 0 Å². The van der Waals surface area contributed by atoms with Crippen LogP contribution in [0.2, 0.25) is 0 Å². The zero-order chi connectivity index (χ0) is 19.0. The molecule has 0 fully saturated rings. The van der Waals surface area contributed by atoms with E-state index in [4.69, 9.17) is 0 Å². The van der Waals surface area contributed by atoms with E-state index in [2.05, 4.69) is 25.2 Å². The summed E-state index contributed by atoms with van der Waals surface area (Å²) in [4.78, 5) is 30.0. The summed E-state index contributed by atoms with van der Waals surface area (Å²) in [7, 11) is 0. The zero-order valence-electron chi connectivity index (χ0n) is 14.8. The van der Waals surface area contributed by atoms with Crippen molar-refractivity contribution in [3.8, 4) is 0 Å². The normalized spacial score (nSPS) is 12.4. The van der Waals surface area contributed by atoms with Gasteiger partial charge >= 0.3 is 5.66 Å². The Morgan fingerprint density at radius 1 is 0.800 bits per heavy atom. The molecule has 0 radical (unpaired) electrons. The Labute approximate surface area is 148 Å². The molecule has 0 aromatic carbocycles. The maximum absolute atomic E-state index is 10.8. The number of allylic oxidation sites excluding steroid dienone is 6. The van der Waals surface area contributed by atoms with Gasteiger partial charge in [-0.2, -0.15) is 0 Å². The largest absolute Gasteiger partial charge is 0.512 e. The summed E-state index contributed by atoms with van der Waals surface area (Å²) >= 11 is 0. The molecule has 0 aromatic rings. The van der Waals surface area contributed by atoms with Gasteiger partial charge in [0.25, 0.3) is 6.29 Å². The van der Waals surface area contributed by atoms with Crippen LogP contribution in [0.5, 0.6) is 0 Å². The lowest BCUT2D eigenvalue weighted by Gasteiger charge is -2.09. The molecular formula is C18H28N2O5. The van der Waals surface area contributed by atoms with Gasteiger partial charge in [-0.05, 0) is 38.5 Å². The molecule has 0 aliphatic carbocycles. The second-order valence-electron chi connectivity index (χ2n) is 5.78. The van der Waals surface area contributed by atoms with Crippen molar-refractivity contribution in [2.75, 3.05) is 0 Å². The molecule has 0 heterocycles. The molecule has 0 saturated heterocycles. The molecule has 0 saturated carbocycles. The van der Waals surface area contributed by atoms with Crippen LogP contribution in [0.15, 0.2) is 36.5 Å². The quantitative estimate of drug-likeness (QED) is 0.107. The van der Waals surface area contributed by atoms with Gasteiger partial charge in [0.1, 0.15) is 9.85 Å². The van der Waals surface area contributed by atoms with Crippen LogP contribution in [0.4, 0.5) is 0 Å². The fraction of sp³-hybridized carbons (Fsp3) is 0.611. The SMILES string of the molecule is CCCCCC=CCC=CCC=CCCCC(C=O)([N+](=O)[O-])[N+](=O)[O-]. The van der Waals surface area contributed by atoms with Crippen molar-refractivity contribution in [3.05, 3.63) is 56.7 Å². The number of hydrogen-bond acceptors (Lipinski definition) is 5. The Morgan fingerprint density at radius 3 is 1.72 bits per heavy atom. The van der Waals surface area contributed by atoms with E-state index in [0.29, 0.717) is 6.42 Å². The number of carbonyl (C=O) groups excluding carboxylic acids is 1. The molecular weight excluding hydrogens is 324 g/mol. The highest BCUT2D eigenvalue weighted by molar-refractivity contribution is 5.59.